The van der Waals surface area contributed by atoms with Crippen LogP contribution in [0.25, 0.3) is 0 Å². The first-order chi connectivity index (χ1) is 11.0. The minimum absolute atomic E-state index is 0.513. The van der Waals surface area contributed by atoms with Crippen LogP contribution in [0.3, 0.4) is 0 Å². The van der Waals surface area contributed by atoms with Gasteiger partial charge in [0.05, 0.1) is 5.60 Å². The van der Waals surface area contributed by atoms with Gasteiger partial charge >= 0.3 is 0 Å². The van der Waals surface area contributed by atoms with E-state index >= 15 is 0 Å². The van der Waals surface area contributed by atoms with E-state index in [-0.39, 0.29) is 0 Å². The molecule has 0 bridgehead atoms. The molecule has 0 aliphatic heterocycles. The van der Waals surface area contributed by atoms with Crippen LogP contribution >= 0.6 is 0 Å². The normalized spacial score (nSPS) is 11.6. The molecule has 1 heteroatoms. The van der Waals surface area contributed by atoms with E-state index in [2.05, 4.69) is 54.6 Å². The molecule has 0 aliphatic rings. The summed E-state index contributed by atoms with van der Waals surface area (Å²) in [7, 11) is 0. The zero-order valence-electron chi connectivity index (χ0n) is 14.6. The standard InChI is InChI=1S/C22H30O/c1-22(2,23)18-8-4-7-11-20-13-16-21(17-14-20)15-12-19-9-5-3-6-10-19/h3,5-6,9-10,13-14,16-17,23H,4,7-8,11-12,15,18H2,1-2H3. The molecule has 0 aromatic heterocycles. The van der Waals surface area contributed by atoms with Gasteiger partial charge in [0.2, 0.25) is 0 Å². The molecule has 0 aliphatic carbocycles. The fraction of sp³-hybridized carbons (Fsp3) is 0.455. The SMILES string of the molecule is CC(C)(O)CCCCCc1ccc(CCc2ccccc2)cc1. The van der Waals surface area contributed by atoms with Gasteiger partial charge in [-0.25, -0.2) is 0 Å². The van der Waals surface area contributed by atoms with E-state index in [9.17, 15) is 5.11 Å². The van der Waals surface area contributed by atoms with Crippen LogP contribution in [-0.4, -0.2) is 10.7 Å². The van der Waals surface area contributed by atoms with Crippen molar-refractivity contribution in [2.45, 2.75) is 64.4 Å². The molecule has 0 heterocycles. The Morgan fingerprint density at radius 3 is 1.74 bits per heavy atom. The highest BCUT2D eigenvalue weighted by Crippen LogP contribution is 2.15. The van der Waals surface area contributed by atoms with Crippen molar-refractivity contribution in [3.8, 4) is 0 Å². The van der Waals surface area contributed by atoms with Crippen LogP contribution in [0.1, 0.15) is 56.2 Å². The summed E-state index contributed by atoms with van der Waals surface area (Å²) >= 11 is 0. The summed E-state index contributed by atoms with van der Waals surface area (Å²) in [5.41, 5.74) is 3.74. The lowest BCUT2D eigenvalue weighted by atomic mass is 9.98. The van der Waals surface area contributed by atoms with Crippen LogP contribution < -0.4 is 0 Å². The van der Waals surface area contributed by atoms with Crippen molar-refractivity contribution in [3.05, 3.63) is 71.3 Å². The fourth-order valence-electron chi connectivity index (χ4n) is 2.87. The Balaban J connectivity index is 1.68. The monoisotopic (exact) mass is 310 g/mol. The zero-order valence-corrected chi connectivity index (χ0v) is 14.6. The molecule has 0 saturated carbocycles. The van der Waals surface area contributed by atoms with Gasteiger partial charge in [-0.05, 0) is 62.6 Å². The molecule has 1 nitrogen and oxygen atoms in total. The highest BCUT2D eigenvalue weighted by molar-refractivity contribution is 5.24. The second-order valence-electron chi connectivity index (χ2n) is 7.18. The van der Waals surface area contributed by atoms with Crippen LogP contribution in [0, 0.1) is 0 Å². The van der Waals surface area contributed by atoms with Crippen molar-refractivity contribution in [2.24, 2.45) is 0 Å². The Bertz CT molecular complexity index is 549. The molecule has 0 saturated heterocycles. The van der Waals surface area contributed by atoms with Crippen LogP contribution in [0.15, 0.2) is 54.6 Å². The Morgan fingerprint density at radius 2 is 1.17 bits per heavy atom. The van der Waals surface area contributed by atoms with Gasteiger partial charge in [-0.3, -0.25) is 0 Å². The summed E-state index contributed by atoms with van der Waals surface area (Å²) in [6.07, 6.45) is 7.76. The summed E-state index contributed by atoms with van der Waals surface area (Å²) in [6.45, 7) is 3.78. The average Bonchev–Trinajstić information content (AvgIpc) is 2.54. The molecule has 0 fully saturated rings. The first kappa shape index (κ1) is 17.7. The summed E-state index contributed by atoms with van der Waals surface area (Å²) in [5, 5.41) is 9.70. The molecule has 0 spiro atoms. The average molecular weight is 310 g/mol. The predicted octanol–water partition coefficient (Wildman–Crippen LogP) is 5.35. The molecule has 2 aromatic carbocycles. The Kier molecular flexibility index (Phi) is 6.85. The van der Waals surface area contributed by atoms with Crippen LogP contribution in [0.4, 0.5) is 0 Å². The summed E-state index contributed by atoms with van der Waals surface area (Å²) in [4.78, 5) is 0. The highest BCUT2D eigenvalue weighted by atomic mass is 16.3. The molecule has 2 aromatic rings. The summed E-state index contributed by atoms with van der Waals surface area (Å²) in [5.74, 6) is 0. The highest BCUT2D eigenvalue weighted by Gasteiger charge is 2.10. The van der Waals surface area contributed by atoms with Gasteiger partial charge in [0.25, 0.3) is 0 Å². The second-order valence-corrected chi connectivity index (χ2v) is 7.18. The lowest BCUT2D eigenvalue weighted by molar-refractivity contribution is 0.0681. The smallest absolute Gasteiger partial charge is 0.0591 e. The van der Waals surface area contributed by atoms with E-state index in [1.165, 1.54) is 29.5 Å². The number of aryl methyl sites for hydroxylation is 3. The second kappa shape index (κ2) is 8.88. The number of hydrogen-bond donors (Lipinski definition) is 1. The predicted molar refractivity (Wildman–Crippen MR) is 98.8 cm³/mol. The van der Waals surface area contributed by atoms with Gasteiger partial charge < -0.3 is 5.11 Å². The maximum atomic E-state index is 9.70. The molecular weight excluding hydrogens is 280 g/mol. The van der Waals surface area contributed by atoms with E-state index in [1.54, 1.807) is 0 Å². The van der Waals surface area contributed by atoms with Gasteiger partial charge in [-0.15, -0.1) is 0 Å². The van der Waals surface area contributed by atoms with E-state index in [0.717, 1.165) is 32.1 Å². The Hall–Kier alpha value is -1.60. The number of hydrogen-bond acceptors (Lipinski definition) is 1. The van der Waals surface area contributed by atoms with Crippen LogP contribution in [-0.2, 0) is 19.3 Å². The lowest BCUT2D eigenvalue weighted by Gasteiger charge is -2.16. The number of benzene rings is 2. The largest absolute Gasteiger partial charge is 0.390 e. The van der Waals surface area contributed by atoms with Crippen molar-refractivity contribution in [2.75, 3.05) is 0 Å². The topological polar surface area (TPSA) is 20.2 Å². The van der Waals surface area contributed by atoms with Gasteiger partial charge in [0.1, 0.15) is 0 Å². The van der Waals surface area contributed by atoms with Gasteiger partial charge in [0, 0.05) is 0 Å². The van der Waals surface area contributed by atoms with Crippen molar-refractivity contribution in [3.63, 3.8) is 0 Å². The third-order valence-corrected chi connectivity index (χ3v) is 4.32. The first-order valence-electron chi connectivity index (χ1n) is 8.87. The van der Waals surface area contributed by atoms with Gasteiger partial charge in [-0.1, -0.05) is 67.4 Å². The molecule has 23 heavy (non-hydrogen) atoms. The molecular formula is C22H30O. The molecule has 0 unspecified atom stereocenters. The zero-order chi connectivity index (χ0) is 16.5. The molecule has 1 N–H and O–H groups in total. The quantitative estimate of drug-likeness (QED) is 0.619. The fourth-order valence-corrected chi connectivity index (χ4v) is 2.87. The van der Waals surface area contributed by atoms with Crippen molar-refractivity contribution in [1.29, 1.82) is 0 Å². The molecule has 0 atom stereocenters. The van der Waals surface area contributed by atoms with Crippen molar-refractivity contribution in [1.82, 2.24) is 0 Å². The summed E-state index contributed by atoms with van der Waals surface area (Å²) < 4.78 is 0. The number of rotatable bonds is 9. The lowest BCUT2D eigenvalue weighted by Crippen LogP contribution is -2.17. The van der Waals surface area contributed by atoms with Crippen molar-refractivity contribution >= 4 is 0 Å². The maximum absolute atomic E-state index is 9.70. The molecule has 0 amide bonds. The van der Waals surface area contributed by atoms with Gasteiger partial charge in [-0.2, -0.15) is 0 Å². The Morgan fingerprint density at radius 1 is 0.652 bits per heavy atom. The molecule has 124 valence electrons. The third-order valence-electron chi connectivity index (χ3n) is 4.32. The van der Waals surface area contributed by atoms with E-state index in [1.807, 2.05) is 13.8 Å². The molecule has 2 rings (SSSR count). The van der Waals surface area contributed by atoms with Gasteiger partial charge in [0.15, 0.2) is 0 Å². The first-order valence-corrected chi connectivity index (χ1v) is 8.87. The minimum atomic E-state index is -0.513. The summed E-state index contributed by atoms with van der Waals surface area (Å²) in [6, 6.07) is 19.8. The van der Waals surface area contributed by atoms with Crippen LogP contribution in [0.2, 0.25) is 0 Å². The number of aliphatic hydroxyl groups is 1. The van der Waals surface area contributed by atoms with E-state index in [4.69, 9.17) is 0 Å². The minimum Gasteiger partial charge on any atom is -0.390 e. The van der Waals surface area contributed by atoms with Crippen molar-refractivity contribution < 1.29 is 5.11 Å². The number of unbranched alkanes of at least 4 members (excludes halogenated alkanes) is 2. The van der Waals surface area contributed by atoms with E-state index in [0.29, 0.717) is 0 Å². The maximum Gasteiger partial charge on any atom is 0.0591 e. The molecule has 0 radical (unpaired) electrons. The Labute approximate surface area is 141 Å². The third kappa shape index (κ3) is 7.47. The van der Waals surface area contributed by atoms with E-state index < -0.39 is 5.60 Å². The van der Waals surface area contributed by atoms with Crippen LogP contribution in [0.5, 0.6) is 0 Å².